The fourth-order valence-corrected chi connectivity index (χ4v) is 13.5. The summed E-state index contributed by atoms with van der Waals surface area (Å²) in [5.74, 6) is 1.91. The number of hydrogen-bond acceptors (Lipinski definition) is 5. The minimum absolute atomic E-state index is 0.00117. The van der Waals surface area contributed by atoms with Crippen molar-refractivity contribution in [2.75, 3.05) is 4.90 Å². The van der Waals surface area contributed by atoms with E-state index in [-0.39, 0.29) is 17.5 Å². The molecule has 312 valence electrons. The van der Waals surface area contributed by atoms with Crippen LogP contribution in [0.3, 0.4) is 0 Å². The third-order valence-electron chi connectivity index (χ3n) is 14.2. The van der Waals surface area contributed by atoms with E-state index in [2.05, 4.69) is 203 Å². The zero-order chi connectivity index (χ0) is 43.7. The van der Waals surface area contributed by atoms with Crippen LogP contribution in [0.25, 0.3) is 79.7 Å². The first kappa shape index (κ1) is 37.6. The molecule has 2 aliphatic heterocycles. The summed E-state index contributed by atoms with van der Waals surface area (Å²) in [5, 5.41) is 8.30. The first-order valence-electron chi connectivity index (χ1n) is 22.6. The van der Waals surface area contributed by atoms with E-state index < -0.39 is 0 Å². The van der Waals surface area contributed by atoms with Crippen molar-refractivity contribution < 1.29 is 9.15 Å². The molecule has 8 aromatic carbocycles. The van der Waals surface area contributed by atoms with Gasteiger partial charge in [0.15, 0.2) is 0 Å². The Morgan fingerprint density at radius 2 is 1.26 bits per heavy atom. The highest BCUT2D eigenvalue weighted by Gasteiger charge is 2.45. The molecule has 14 rings (SSSR count). The van der Waals surface area contributed by atoms with E-state index in [1.807, 2.05) is 22.7 Å². The van der Waals surface area contributed by atoms with E-state index >= 15 is 0 Å². The van der Waals surface area contributed by atoms with Crippen molar-refractivity contribution in [3.05, 3.63) is 163 Å². The molecule has 65 heavy (non-hydrogen) atoms. The predicted octanol–water partition coefficient (Wildman–Crippen LogP) is 15.3. The number of aromatic nitrogens is 1. The lowest BCUT2D eigenvalue weighted by Crippen LogP contribution is -2.58. The minimum Gasteiger partial charge on any atom is -0.457 e. The summed E-state index contributed by atoms with van der Waals surface area (Å²) in [6.07, 6.45) is 0. The largest absolute Gasteiger partial charge is 0.457 e. The van der Waals surface area contributed by atoms with Crippen LogP contribution in [0.15, 0.2) is 156 Å². The average molecular weight is 875 g/mol. The summed E-state index contributed by atoms with van der Waals surface area (Å²) in [5.41, 5.74) is 14.0. The number of hydrogen-bond donors (Lipinski definition) is 0. The molecule has 2 aliphatic rings. The summed E-state index contributed by atoms with van der Waals surface area (Å²) < 4.78 is 21.6. The van der Waals surface area contributed by atoms with Crippen LogP contribution in [-0.4, -0.2) is 11.3 Å². The second-order valence-corrected chi connectivity index (χ2v) is 22.2. The Kier molecular flexibility index (Phi) is 7.47. The highest BCUT2D eigenvalue weighted by molar-refractivity contribution is 7.33. The number of fused-ring (bicyclic) bond motifs is 17. The van der Waals surface area contributed by atoms with E-state index in [1.54, 1.807) is 0 Å². The molecule has 0 fully saturated rings. The third-order valence-corrected chi connectivity index (χ3v) is 16.6. The molecule has 0 saturated carbocycles. The van der Waals surface area contributed by atoms with Gasteiger partial charge in [0.25, 0.3) is 6.71 Å². The Morgan fingerprint density at radius 3 is 2.08 bits per heavy atom. The van der Waals surface area contributed by atoms with Gasteiger partial charge in [0, 0.05) is 57.9 Å². The Morgan fingerprint density at radius 1 is 0.538 bits per heavy atom. The lowest BCUT2D eigenvalue weighted by atomic mass is 9.36. The van der Waals surface area contributed by atoms with Gasteiger partial charge in [-0.1, -0.05) is 120 Å². The second kappa shape index (κ2) is 12.9. The zero-order valence-electron chi connectivity index (χ0n) is 37.0. The molecule has 6 heterocycles. The van der Waals surface area contributed by atoms with Gasteiger partial charge in [0.2, 0.25) is 0 Å². The third kappa shape index (κ3) is 5.14. The van der Waals surface area contributed by atoms with Gasteiger partial charge < -0.3 is 18.6 Å². The van der Waals surface area contributed by atoms with Crippen LogP contribution >= 0.6 is 22.7 Å². The number of thiophene rings is 2. The molecule has 0 amide bonds. The summed E-state index contributed by atoms with van der Waals surface area (Å²) in [4.78, 5) is 2.54. The summed E-state index contributed by atoms with van der Waals surface area (Å²) in [6, 6.07) is 56.4. The summed E-state index contributed by atoms with van der Waals surface area (Å²) >= 11 is 3.80. The molecular formula is C58H43BN2O2S2. The lowest BCUT2D eigenvalue weighted by molar-refractivity contribution is 0.494. The van der Waals surface area contributed by atoms with Gasteiger partial charge in [-0.15, -0.1) is 22.7 Å². The molecule has 0 aliphatic carbocycles. The molecule has 0 N–H and O–H groups in total. The Balaban J connectivity index is 1.14. The molecule has 7 heteroatoms. The van der Waals surface area contributed by atoms with Gasteiger partial charge in [0.05, 0.1) is 32.5 Å². The predicted molar refractivity (Wildman–Crippen MR) is 280 cm³/mol. The lowest BCUT2D eigenvalue weighted by Gasteiger charge is -2.40. The Labute approximate surface area is 385 Å². The van der Waals surface area contributed by atoms with Crippen molar-refractivity contribution in [3.8, 4) is 17.2 Å². The van der Waals surface area contributed by atoms with Gasteiger partial charge in [-0.25, -0.2) is 0 Å². The molecule has 0 bridgehead atoms. The highest BCUT2D eigenvalue weighted by atomic mass is 32.1. The van der Waals surface area contributed by atoms with Crippen molar-refractivity contribution >= 4 is 136 Å². The molecule has 0 radical (unpaired) electrons. The van der Waals surface area contributed by atoms with E-state index in [0.717, 1.165) is 61.2 Å². The second-order valence-electron chi connectivity index (χ2n) is 20.0. The van der Waals surface area contributed by atoms with Crippen LogP contribution in [0, 0.1) is 0 Å². The van der Waals surface area contributed by atoms with Crippen molar-refractivity contribution in [1.29, 1.82) is 0 Å². The van der Waals surface area contributed by atoms with E-state index in [0.29, 0.717) is 0 Å². The smallest absolute Gasteiger partial charge is 0.269 e. The van der Waals surface area contributed by atoms with Crippen LogP contribution in [0.4, 0.5) is 17.1 Å². The molecule has 4 nitrogen and oxygen atoms in total. The number of rotatable bonds is 2. The number of nitrogens with zero attached hydrogens (tertiary/aromatic N) is 2. The van der Waals surface area contributed by atoms with E-state index in [1.165, 1.54) is 73.8 Å². The quantitative estimate of drug-likeness (QED) is 0.162. The molecule has 0 spiro atoms. The Hall–Kier alpha value is -6.80. The van der Waals surface area contributed by atoms with E-state index in [4.69, 9.17) is 9.15 Å². The van der Waals surface area contributed by atoms with Crippen molar-refractivity contribution in [2.45, 2.75) is 52.4 Å². The van der Waals surface area contributed by atoms with Crippen molar-refractivity contribution in [1.82, 2.24) is 4.57 Å². The van der Waals surface area contributed by atoms with Crippen LogP contribution in [0.2, 0.25) is 0 Å². The van der Waals surface area contributed by atoms with Crippen LogP contribution in [0.5, 0.6) is 11.5 Å². The van der Waals surface area contributed by atoms with Crippen molar-refractivity contribution in [2.24, 2.45) is 0 Å². The number of anilines is 3. The fourth-order valence-electron chi connectivity index (χ4n) is 11.0. The number of ether oxygens (including phenoxy) is 1. The minimum atomic E-state index is -0.0657. The van der Waals surface area contributed by atoms with Crippen LogP contribution in [0.1, 0.15) is 52.7 Å². The maximum atomic E-state index is 7.20. The monoisotopic (exact) mass is 874 g/mol. The molecule has 0 atom stereocenters. The average Bonchev–Trinajstić information content (AvgIpc) is 4.07. The number of furan rings is 1. The number of benzene rings is 8. The highest BCUT2D eigenvalue weighted by Crippen LogP contribution is 2.52. The van der Waals surface area contributed by atoms with Gasteiger partial charge in [-0.2, -0.15) is 0 Å². The van der Waals surface area contributed by atoms with Crippen LogP contribution in [-0.2, 0) is 10.8 Å². The first-order chi connectivity index (χ1) is 31.5. The van der Waals surface area contributed by atoms with Crippen LogP contribution < -0.4 is 25.3 Å². The first-order valence-corrected chi connectivity index (χ1v) is 24.2. The fraction of sp³-hybridized carbons (Fsp3) is 0.138. The molecule has 4 aromatic heterocycles. The van der Waals surface area contributed by atoms with Gasteiger partial charge in [-0.05, 0) is 106 Å². The standard InChI is InChI=1S/C58H43BN2O2S2/c1-57(2,3)32-22-25-34(26-23-32)60-43-18-13-20-46-51(43)59(56-54(63-46)39-30-33(58(4,5)6)24-29-48(39)65-56)40-31-44(50-38-16-9-12-21-47(38)64-55(50)52(40)60)61-41-17-10-7-15-37(41)49-42(61)28-27-36-35-14-8-11-19-45(35)62-53(36)49/h7-31H,1-6H3. The number of para-hydroxylation sites is 2. The maximum absolute atomic E-state index is 7.20. The van der Waals surface area contributed by atoms with Crippen molar-refractivity contribution in [3.63, 3.8) is 0 Å². The summed E-state index contributed by atoms with van der Waals surface area (Å²) in [6.45, 7) is 13.7. The SMILES string of the molecule is CC(C)(C)c1ccc(N2c3cccc4c3B(c3cc(-n5c6ccccc6c6c7oc8ccccc8c7ccc65)c5c(sc6ccccc65)c32)c2sc3ccc(C(C)(C)C)cc3c2O4)cc1. The maximum Gasteiger partial charge on any atom is 0.269 e. The topological polar surface area (TPSA) is 30.5 Å². The molecule has 0 saturated heterocycles. The molecule has 0 unspecified atom stereocenters. The molecular weight excluding hydrogens is 832 g/mol. The molecule has 12 aromatic rings. The summed E-state index contributed by atoms with van der Waals surface area (Å²) in [7, 11) is 0. The zero-order valence-corrected chi connectivity index (χ0v) is 38.7. The Bertz CT molecular complexity index is 4020. The normalized spacial score (nSPS) is 13.8. The van der Waals surface area contributed by atoms with Gasteiger partial charge in [0.1, 0.15) is 22.7 Å². The van der Waals surface area contributed by atoms with Gasteiger partial charge >= 0.3 is 0 Å². The van der Waals surface area contributed by atoms with Gasteiger partial charge in [-0.3, -0.25) is 0 Å². The van der Waals surface area contributed by atoms with E-state index in [9.17, 15) is 0 Å².